The fraction of sp³-hybridized carbons (Fsp3) is 0.440. The zero-order valence-corrected chi connectivity index (χ0v) is 20.0. The second-order valence-corrected chi connectivity index (χ2v) is 8.41. The van der Waals surface area contributed by atoms with Gasteiger partial charge in [-0.1, -0.05) is 17.8 Å². The molecular formula is C25H26F6N2O3. The molecule has 1 unspecified atom stereocenters. The maximum absolute atomic E-state index is 13.2. The van der Waals surface area contributed by atoms with E-state index < -0.39 is 35.3 Å². The number of hydrogen-bond donors (Lipinski definition) is 0. The smallest absolute Gasteiger partial charge is 0.416 e. The molecule has 5 nitrogen and oxygen atoms in total. The van der Waals surface area contributed by atoms with Crippen molar-refractivity contribution in [2.75, 3.05) is 6.61 Å². The van der Waals surface area contributed by atoms with E-state index in [4.69, 9.17) is 14.3 Å². The fourth-order valence-corrected chi connectivity index (χ4v) is 3.83. The Morgan fingerprint density at radius 1 is 1.03 bits per heavy atom. The molecule has 1 aliphatic rings. The Morgan fingerprint density at radius 3 is 2.25 bits per heavy atom. The molecule has 0 saturated heterocycles. The molecule has 1 fully saturated rings. The van der Waals surface area contributed by atoms with Crippen molar-refractivity contribution in [1.82, 2.24) is 4.98 Å². The minimum Gasteiger partial charge on any atom is -0.489 e. The van der Waals surface area contributed by atoms with Gasteiger partial charge in [-0.05, 0) is 58.2 Å². The maximum Gasteiger partial charge on any atom is 0.416 e. The summed E-state index contributed by atoms with van der Waals surface area (Å²) in [6.07, 6.45) is -7.73. The third-order valence-corrected chi connectivity index (χ3v) is 5.78. The number of aryl methyl sites for hydroxylation is 2. The van der Waals surface area contributed by atoms with E-state index in [0.717, 1.165) is 11.3 Å². The molecule has 2 aromatic rings. The van der Waals surface area contributed by atoms with Crippen LogP contribution >= 0.6 is 0 Å². The van der Waals surface area contributed by atoms with Gasteiger partial charge in [0.15, 0.2) is 0 Å². The van der Waals surface area contributed by atoms with Crippen LogP contribution in [0.15, 0.2) is 36.0 Å². The highest BCUT2D eigenvalue weighted by atomic mass is 19.4. The molecule has 36 heavy (non-hydrogen) atoms. The molecule has 0 amide bonds. The van der Waals surface area contributed by atoms with Crippen molar-refractivity contribution in [1.29, 1.82) is 0 Å². The summed E-state index contributed by atoms with van der Waals surface area (Å²) in [7, 11) is 0. The van der Waals surface area contributed by atoms with E-state index in [2.05, 4.69) is 16.7 Å². The first kappa shape index (κ1) is 27.3. The molecular weight excluding hydrogens is 490 g/mol. The molecule has 3 rings (SSSR count). The fourth-order valence-electron chi connectivity index (χ4n) is 3.83. The summed E-state index contributed by atoms with van der Waals surface area (Å²) in [6.45, 7) is 9.44. The molecule has 0 radical (unpaired) electrons. The third kappa shape index (κ3) is 6.50. The van der Waals surface area contributed by atoms with Crippen molar-refractivity contribution < 1.29 is 40.7 Å². The van der Waals surface area contributed by atoms with Gasteiger partial charge in [0.1, 0.15) is 30.8 Å². The number of oxime groups is 1. The lowest BCUT2D eigenvalue weighted by Crippen LogP contribution is -2.22. The van der Waals surface area contributed by atoms with Crippen molar-refractivity contribution in [3.63, 3.8) is 0 Å². The van der Waals surface area contributed by atoms with Crippen LogP contribution in [-0.4, -0.2) is 23.4 Å². The van der Waals surface area contributed by atoms with Gasteiger partial charge >= 0.3 is 12.4 Å². The number of hydrogen-bond acceptors (Lipinski definition) is 5. The highest BCUT2D eigenvalue weighted by molar-refractivity contribution is 5.90. The van der Waals surface area contributed by atoms with Gasteiger partial charge in [-0.25, -0.2) is 0 Å². The SMILES string of the molecule is C=CCOc1c(C)c(C)nc(C)c1CO/N=C1\CCCC1Oc1cc(C(F)(F)F)cc(C(F)(F)F)c1. The standard InChI is InChI=1S/C25H26F6N2O3/c1-5-9-34-23-14(2)15(3)32-16(4)20(23)13-35-33-21-7-6-8-22(21)36-19-11-17(24(26,27)28)10-18(12-19)25(29,30)31/h5,10-12,22H,1,6-9,13H2,2-4H3/b33-21+. The second kappa shape index (κ2) is 10.8. The number of alkyl halides is 6. The molecule has 1 aromatic heterocycles. The molecule has 0 N–H and O–H groups in total. The summed E-state index contributed by atoms with van der Waals surface area (Å²) in [5.74, 6) is 0.0639. The van der Waals surface area contributed by atoms with Gasteiger partial charge in [-0.3, -0.25) is 4.98 Å². The van der Waals surface area contributed by atoms with E-state index in [-0.39, 0.29) is 19.3 Å². The maximum atomic E-state index is 13.2. The molecule has 11 heteroatoms. The van der Waals surface area contributed by atoms with Crippen LogP contribution in [0.25, 0.3) is 0 Å². The largest absolute Gasteiger partial charge is 0.489 e. The highest BCUT2D eigenvalue weighted by Gasteiger charge is 2.38. The number of halogens is 6. The molecule has 0 bridgehead atoms. The Kier molecular flexibility index (Phi) is 8.20. The van der Waals surface area contributed by atoms with E-state index >= 15 is 0 Å². The number of pyridine rings is 1. The van der Waals surface area contributed by atoms with Gasteiger partial charge < -0.3 is 14.3 Å². The second-order valence-electron chi connectivity index (χ2n) is 8.41. The number of aromatic nitrogens is 1. The van der Waals surface area contributed by atoms with E-state index in [0.29, 0.717) is 54.1 Å². The first-order valence-corrected chi connectivity index (χ1v) is 11.2. The molecule has 196 valence electrons. The lowest BCUT2D eigenvalue weighted by atomic mass is 10.1. The summed E-state index contributed by atoms with van der Waals surface area (Å²) in [5, 5.41) is 4.10. The van der Waals surface area contributed by atoms with E-state index in [1.54, 1.807) is 13.0 Å². The van der Waals surface area contributed by atoms with Crippen LogP contribution in [0.2, 0.25) is 0 Å². The number of rotatable bonds is 8. The molecule has 1 atom stereocenters. The Morgan fingerprint density at radius 2 is 1.67 bits per heavy atom. The van der Waals surface area contributed by atoms with Crippen LogP contribution in [0.5, 0.6) is 11.5 Å². The van der Waals surface area contributed by atoms with Gasteiger partial charge in [0.05, 0.1) is 22.4 Å². The average Bonchev–Trinajstić information content (AvgIpc) is 3.22. The van der Waals surface area contributed by atoms with Crippen molar-refractivity contribution in [3.05, 3.63) is 64.5 Å². The van der Waals surface area contributed by atoms with Gasteiger partial charge in [-0.2, -0.15) is 26.3 Å². The zero-order valence-electron chi connectivity index (χ0n) is 20.0. The number of ether oxygens (including phenoxy) is 2. The third-order valence-electron chi connectivity index (χ3n) is 5.78. The minimum absolute atomic E-state index is 0.00440. The first-order valence-electron chi connectivity index (χ1n) is 11.2. The van der Waals surface area contributed by atoms with Crippen LogP contribution in [-0.2, 0) is 23.8 Å². The summed E-state index contributed by atoms with van der Waals surface area (Å²) in [4.78, 5) is 10.0. The molecule has 0 spiro atoms. The van der Waals surface area contributed by atoms with Crippen LogP contribution in [0, 0.1) is 20.8 Å². The van der Waals surface area contributed by atoms with Crippen molar-refractivity contribution >= 4 is 5.71 Å². The summed E-state index contributed by atoms with van der Waals surface area (Å²) in [6, 6.07) is 1.17. The Balaban J connectivity index is 1.80. The molecule has 1 aliphatic carbocycles. The Hall–Kier alpha value is -3.24. The van der Waals surface area contributed by atoms with Gasteiger partial charge in [0.2, 0.25) is 0 Å². The van der Waals surface area contributed by atoms with Crippen LogP contribution in [0.4, 0.5) is 26.3 Å². The van der Waals surface area contributed by atoms with Crippen molar-refractivity contribution in [2.24, 2.45) is 5.16 Å². The van der Waals surface area contributed by atoms with Gasteiger partial charge in [0, 0.05) is 17.0 Å². The van der Waals surface area contributed by atoms with Crippen molar-refractivity contribution in [3.8, 4) is 11.5 Å². The predicted molar refractivity (Wildman–Crippen MR) is 121 cm³/mol. The molecule has 1 heterocycles. The minimum atomic E-state index is -4.96. The van der Waals surface area contributed by atoms with Gasteiger partial charge in [-0.15, -0.1) is 0 Å². The topological polar surface area (TPSA) is 52.9 Å². The van der Waals surface area contributed by atoms with Crippen molar-refractivity contribution in [2.45, 2.75) is 65.1 Å². The quantitative estimate of drug-likeness (QED) is 0.213. The van der Waals surface area contributed by atoms with Crippen LogP contribution in [0.1, 0.15) is 52.9 Å². The zero-order chi connectivity index (χ0) is 26.7. The Bertz CT molecular complexity index is 1110. The monoisotopic (exact) mass is 516 g/mol. The predicted octanol–water partition coefficient (Wildman–Crippen LogP) is 7.11. The van der Waals surface area contributed by atoms with E-state index in [1.165, 1.54) is 0 Å². The van der Waals surface area contributed by atoms with Crippen LogP contribution in [0.3, 0.4) is 0 Å². The first-order chi connectivity index (χ1) is 16.8. The summed E-state index contributed by atoms with van der Waals surface area (Å²) >= 11 is 0. The van der Waals surface area contributed by atoms with E-state index in [9.17, 15) is 26.3 Å². The number of nitrogens with zero attached hydrogens (tertiary/aromatic N) is 2. The lowest BCUT2D eigenvalue weighted by molar-refractivity contribution is -0.143. The van der Waals surface area contributed by atoms with E-state index in [1.807, 2.05) is 13.8 Å². The summed E-state index contributed by atoms with van der Waals surface area (Å²) in [5.41, 5.74) is 0.498. The Labute approximate surface area is 204 Å². The number of benzene rings is 1. The highest BCUT2D eigenvalue weighted by Crippen LogP contribution is 2.39. The molecule has 0 aliphatic heterocycles. The lowest BCUT2D eigenvalue weighted by Gasteiger charge is -2.19. The van der Waals surface area contributed by atoms with Crippen LogP contribution < -0.4 is 9.47 Å². The normalized spacial score (nSPS) is 17.4. The molecule has 1 aromatic carbocycles. The average molecular weight is 516 g/mol. The van der Waals surface area contributed by atoms with Gasteiger partial charge in [0.25, 0.3) is 0 Å². The summed E-state index contributed by atoms with van der Waals surface area (Å²) < 4.78 is 90.3. The molecule has 1 saturated carbocycles.